The van der Waals surface area contributed by atoms with Crippen molar-refractivity contribution in [3.63, 3.8) is 0 Å². The fourth-order valence-electron chi connectivity index (χ4n) is 3.31. The predicted molar refractivity (Wildman–Crippen MR) is 101 cm³/mol. The number of amides is 1. The molecule has 1 aliphatic heterocycles. The number of anilines is 1. The molecule has 1 atom stereocenters. The summed E-state index contributed by atoms with van der Waals surface area (Å²) >= 11 is 0. The topological polar surface area (TPSA) is 106 Å². The number of rotatable bonds is 5. The van der Waals surface area contributed by atoms with Crippen molar-refractivity contribution in [1.29, 1.82) is 0 Å². The lowest BCUT2D eigenvalue weighted by atomic mass is 9.99. The second kappa shape index (κ2) is 7.84. The molecule has 1 aromatic heterocycles. The molecule has 3 rings (SSSR count). The first-order valence-electron chi connectivity index (χ1n) is 8.80. The maximum Gasteiger partial charge on any atom is 0.346 e. The zero-order chi connectivity index (χ0) is 20.5. The highest BCUT2D eigenvalue weighted by Gasteiger charge is 2.30. The summed E-state index contributed by atoms with van der Waals surface area (Å²) in [6.07, 6.45) is 2.50. The van der Waals surface area contributed by atoms with Gasteiger partial charge in [-0.3, -0.25) is 9.36 Å². The van der Waals surface area contributed by atoms with Gasteiger partial charge in [0.2, 0.25) is 15.9 Å². The number of nitrogens with zero attached hydrogens (tertiary/aromatic N) is 4. The Hall–Kier alpha value is -2.53. The van der Waals surface area contributed by atoms with Crippen molar-refractivity contribution in [3.8, 4) is 0 Å². The second-order valence-electron chi connectivity index (χ2n) is 6.85. The number of nitrogens with one attached hydrogen (secondary N) is 1. The van der Waals surface area contributed by atoms with Crippen LogP contribution < -0.4 is 11.0 Å². The van der Waals surface area contributed by atoms with Gasteiger partial charge in [-0.15, -0.1) is 0 Å². The van der Waals surface area contributed by atoms with Gasteiger partial charge in [-0.2, -0.15) is 5.10 Å². The third kappa shape index (κ3) is 4.30. The first kappa shape index (κ1) is 20.2. The van der Waals surface area contributed by atoms with Crippen LogP contribution in [0.4, 0.5) is 10.1 Å². The molecule has 2 aromatic rings. The van der Waals surface area contributed by atoms with E-state index in [0.717, 1.165) is 10.9 Å². The molecule has 0 aliphatic carbocycles. The van der Waals surface area contributed by atoms with Crippen molar-refractivity contribution in [2.24, 2.45) is 7.05 Å². The van der Waals surface area contributed by atoms with Gasteiger partial charge in [0, 0.05) is 26.1 Å². The monoisotopic (exact) mass is 411 g/mol. The van der Waals surface area contributed by atoms with Gasteiger partial charge in [-0.05, 0) is 25.0 Å². The van der Waals surface area contributed by atoms with Crippen LogP contribution in [0.1, 0.15) is 24.6 Å². The van der Waals surface area contributed by atoms with Gasteiger partial charge in [0.05, 0.1) is 11.9 Å². The minimum Gasteiger partial charge on any atom is -0.322 e. The maximum absolute atomic E-state index is 13.7. The van der Waals surface area contributed by atoms with Crippen molar-refractivity contribution in [2.75, 3.05) is 24.7 Å². The molecule has 28 heavy (non-hydrogen) atoms. The van der Waals surface area contributed by atoms with Crippen molar-refractivity contribution in [3.05, 3.63) is 46.4 Å². The normalized spacial score (nSPS) is 18.2. The Morgan fingerprint density at radius 3 is 2.75 bits per heavy atom. The largest absolute Gasteiger partial charge is 0.346 e. The lowest BCUT2D eigenvalue weighted by Crippen LogP contribution is -2.39. The van der Waals surface area contributed by atoms with E-state index >= 15 is 0 Å². The number of halogens is 1. The number of aromatic nitrogens is 3. The Kier molecular flexibility index (Phi) is 5.66. The molecule has 0 radical (unpaired) electrons. The number of hydrogen-bond acceptors (Lipinski definition) is 5. The van der Waals surface area contributed by atoms with Gasteiger partial charge in [0.15, 0.2) is 0 Å². The van der Waals surface area contributed by atoms with E-state index in [1.807, 2.05) is 0 Å². The summed E-state index contributed by atoms with van der Waals surface area (Å²) in [5.74, 6) is -0.972. The van der Waals surface area contributed by atoms with Gasteiger partial charge >= 0.3 is 5.69 Å². The van der Waals surface area contributed by atoms with Crippen LogP contribution in [0.15, 0.2) is 29.1 Å². The van der Waals surface area contributed by atoms with E-state index in [2.05, 4.69) is 10.4 Å². The van der Waals surface area contributed by atoms with Gasteiger partial charge in [-0.1, -0.05) is 12.1 Å². The Morgan fingerprint density at radius 2 is 2.07 bits per heavy atom. The van der Waals surface area contributed by atoms with Crippen LogP contribution in [-0.4, -0.2) is 52.3 Å². The van der Waals surface area contributed by atoms with Crippen molar-refractivity contribution in [1.82, 2.24) is 18.7 Å². The summed E-state index contributed by atoms with van der Waals surface area (Å²) in [4.78, 5) is 24.6. The molecule has 0 bridgehead atoms. The van der Waals surface area contributed by atoms with Crippen LogP contribution in [0.25, 0.3) is 0 Å². The summed E-state index contributed by atoms with van der Waals surface area (Å²) in [5.41, 5.74) is -0.469. The van der Waals surface area contributed by atoms with E-state index in [-0.39, 0.29) is 24.7 Å². The van der Waals surface area contributed by atoms with Crippen LogP contribution in [-0.2, 0) is 28.4 Å². The Labute approximate surface area is 161 Å². The fraction of sp³-hybridized carbons (Fsp3) is 0.471. The molecule has 1 aliphatic rings. The lowest BCUT2D eigenvalue weighted by molar-refractivity contribution is -0.117. The number of carbonyl (C=O) groups excluding carboxylic acids is 1. The maximum atomic E-state index is 13.7. The van der Waals surface area contributed by atoms with E-state index in [4.69, 9.17) is 0 Å². The minimum atomic E-state index is -3.33. The number of para-hydroxylation sites is 1. The van der Waals surface area contributed by atoms with Gasteiger partial charge < -0.3 is 5.32 Å². The van der Waals surface area contributed by atoms with E-state index in [9.17, 15) is 22.4 Å². The first-order valence-corrected chi connectivity index (χ1v) is 10.6. The van der Waals surface area contributed by atoms with E-state index in [0.29, 0.717) is 25.2 Å². The van der Waals surface area contributed by atoms with Gasteiger partial charge in [0.1, 0.15) is 18.2 Å². The number of benzene rings is 1. The molecule has 1 aromatic carbocycles. The molecule has 0 spiro atoms. The van der Waals surface area contributed by atoms with Crippen molar-refractivity contribution >= 4 is 21.6 Å². The molecule has 1 N–H and O–H groups in total. The molecule has 1 amide bonds. The number of carbonyl (C=O) groups is 1. The van der Waals surface area contributed by atoms with Crippen molar-refractivity contribution < 1.29 is 17.6 Å². The third-order valence-corrected chi connectivity index (χ3v) is 6.00. The summed E-state index contributed by atoms with van der Waals surface area (Å²) in [6.45, 7) is 0.309. The highest BCUT2D eigenvalue weighted by atomic mass is 32.2. The van der Waals surface area contributed by atoms with E-state index in [1.165, 1.54) is 34.1 Å². The minimum absolute atomic E-state index is 0.0211. The smallest absolute Gasteiger partial charge is 0.322 e. The fourth-order valence-corrected chi connectivity index (χ4v) is 4.22. The molecule has 0 saturated carbocycles. The van der Waals surface area contributed by atoms with Gasteiger partial charge in [0.25, 0.3) is 0 Å². The Morgan fingerprint density at radius 1 is 1.36 bits per heavy atom. The summed E-state index contributed by atoms with van der Waals surface area (Å²) in [6, 6.07) is 5.73. The second-order valence-corrected chi connectivity index (χ2v) is 8.83. The van der Waals surface area contributed by atoms with Crippen LogP contribution in [0.3, 0.4) is 0 Å². The average molecular weight is 411 g/mol. The van der Waals surface area contributed by atoms with Crippen LogP contribution in [0.2, 0.25) is 0 Å². The van der Waals surface area contributed by atoms with Crippen molar-refractivity contribution in [2.45, 2.75) is 25.3 Å². The Bertz CT molecular complexity index is 1050. The first-order chi connectivity index (χ1) is 13.2. The summed E-state index contributed by atoms with van der Waals surface area (Å²) in [7, 11) is -1.79. The molecule has 11 heteroatoms. The molecule has 1 fully saturated rings. The van der Waals surface area contributed by atoms with Crippen LogP contribution in [0, 0.1) is 5.82 Å². The number of sulfonamides is 1. The molecular formula is C17H22FN5O4S. The predicted octanol–water partition coefficient (Wildman–Crippen LogP) is 0.499. The number of hydrogen-bond donors (Lipinski definition) is 1. The summed E-state index contributed by atoms with van der Waals surface area (Å²) < 4.78 is 41.0. The third-order valence-electron chi connectivity index (χ3n) is 4.73. The SMILES string of the molecule is Cn1c(C2CCCN(S(C)(=O)=O)C2)nn(CC(=O)Nc2ccccc2F)c1=O. The molecule has 1 saturated heterocycles. The lowest BCUT2D eigenvalue weighted by Gasteiger charge is -2.30. The molecule has 9 nitrogen and oxygen atoms in total. The quantitative estimate of drug-likeness (QED) is 0.771. The zero-order valence-corrected chi connectivity index (χ0v) is 16.4. The van der Waals surface area contributed by atoms with E-state index in [1.54, 1.807) is 6.07 Å². The highest BCUT2D eigenvalue weighted by Crippen LogP contribution is 2.26. The summed E-state index contributed by atoms with van der Waals surface area (Å²) in [5, 5.41) is 6.66. The van der Waals surface area contributed by atoms with Crippen LogP contribution in [0.5, 0.6) is 0 Å². The molecule has 2 heterocycles. The average Bonchev–Trinajstić information content (AvgIpc) is 2.91. The molecule has 152 valence electrons. The molecule has 1 unspecified atom stereocenters. The standard InChI is InChI=1S/C17H22FN5O4S/c1-21-16(12-6-5-9-22(10-12)28(2,26)27)20-23(17(21)25)11-15(24)19-14-8-4-3-7-13(14)18/h3-4,7-8,12H,5-6,9-11H2,1-2H3,(H,19,24). The Balaban J connectivity index is 1.77. The van der Waals surface area contributed by atoms with E-state index < -0.39 is 27.4 Å². The zero-order valence-electron chi connectivity index (χ0n) is 15.6. The molecular weight excluding hydrogens is 389 g/mol. The van der Waals surface area contributed by atoms with Gasteiger partial charge in [-0.25, -0.2) is 26.6 Å². The highest BCUT2D eigenvalue weighted by molar-refractivity contribution is 7.88. The van der Waals surface area contributed by atoms with Crippen LogP contribution >= 0.6 is 0 Å². The number of piperidine rings is 1.